The zero-order chi connectivity index (χ0) is 8.69. The zero-order valence-electron chi connectivity index (χ0n) is 7.26. The SMILES string of the molecule is CCCC=C(CCC)C(=O)O. The maximum absolute atomic E-state index is 10.5. The number of unbranched alkanes of at least 4 members (excludes halogenated alkanes) is 1. The summed E-state index contributed by atoms with van der Waals surface area (Å²) in [7, 11) is 0. The van der Waals surface area contributed by atoms with Gasteiger partial charge in [0.25, 0.3) is 0 Å². The first-order chi connectivity index (χ1) is 5.22. The Morgan fingerprint density at radius 3 is 2.36 bits per heavy atom. The Bertz CT molecular complexity index is 148. The third-order valence-corrected chi connectivity index (χ3v) is 1.47. The summed E-state index contributed by atoms with van der Waals surface area (Å²) in [5.74, 6) is -0.764. The van der Waals surface area contributed by atoms with Crippen molar-refractivity contribution in [1.82, 2.24) is 0 Å². The van der Waals surface area contributed by atoms with Crippen LogP contribution in [0.1, 0.15) is 39.5 Å². The molecule has 0 aliphatic rings. The molecule has 0 bridgehead atoms. The maximum atomic E-state index is 10.5. The molecule has 64 valence electrons. The van der Waals surface area contributed by atoms with Crippen molar-refractivity contribution in [1.29, 1.82) is 0 Å². The average molecular weight is 156 g/mol. The zero-order valence-corrected chi connectivity index (χ0v) is 7.26. The van der Waals surface area contributed by atoms with E-state index < -0.39 is 5.97 Å². The summed E-state index contributed by atoms with van der Waals surface area (Å²) in [5, 5.41) is 8.66. The van der Waals surface area contributed by atoms with E-state index in [9.17, 15) is 4.79 Å². The highest BCUT2D eigenvalue weighted by Gasteiger charge is 2.03. The topological polar surface area (TPSA) is 37.3 Å². The van der Waals surface area contributed by atoms with E-state index >= 15 is 0 Å². The molecule has 0 aromatic carbocycles. The van der Waals surface area contributed by atoms with Crippen molar-refractivity contribution in [2.24, 2.45) is 0 Å². The molecule has 0 atom stereocenters. The van der Waals surface area contributed by atoms with Gasteiger partial charge in [0.15, 0.2) is 0 Å². The lowest BCUT2D eigenvalue weighted by atomic mass is 10.1. The smallest absolute Gasteiger partial charge is 0.331 e. The van der Waals surface area contributed by atoms with Crippen molar-refractivity contribution in [3.05, 3.63) is 11.6 Å². The lowest BCUT2D eigenvalue weighted by Crippen LogP contribution is -1.99. The van der Waals surface area contributed by atoms with Crippen LogP contribution in [0.25, 0.3) is 0 Å². The van der Waals surface area contributed by atoms with E-state index in [1.807, 2.05) is 19.9 Å². The van der Waals surface area contributed by atoms with E-state index in [1.54, 1.807) is 0 Å². The Balaban J connectivity index is 3.97. The first kappa shape index (κ1) is 10.2. The molecule has 0 rings (SSSR count). The van der Waals surface area contributed by atoms with E-state index in [-0.39, 0.29) is 0 Å². The predicted octanol–water partition coefficient (Wildman–Crippen LogP) is 2.60. The van der Waals surface area contributed by atoms with Crippen molar-refractivity contribution in [3.8, 4) is 0 Å². The highest BCUT2D eigenvalue weighted by Crippen LogP contribution is 2.06. The first-order valence-corrected chi connectivity index (χ1v) is 4.14. The van der Waals surface area contributed by atoms with Crippen molar-refractivity contribution in [3.63, 3.8) is 0 Å². The summed E-state index contributed by atoms with van der Waals surface area (Å²) in [5.41, 5.74) is 0.564. The summed E-state index contributed by atoms with van der Waals surface area (Å²) < 4.78 is 0. The molecule has 2 heteroatoms. The molecule has 0 radical (unpaired) electrons. The van der Waals surface area contributed by atoms with Gasteiger partial charge in [-0.3, -0.25) is 0 Å². The third kappa shape index (κ3) is 4.59. The number of aliphatic carboxylic acids is 1. The van der Waals surface area contributed by atoms with Crippen LogP contribution >= 0.6 is 0 Å². The number of allylic oxidation sites excluding steroid dienone is 1. The van der Waals surface area contributed by atoms with E-state index in [0.29, 0.717) is 12.0 Å². The van der Waals surface area contributed by atoms with E-state index in [2.05, 4.69) is 0 Å². The quantitative estimate of drug-likeness (QED) is 0.621. The number of rotatable bonds is 5. The average Bonchev–Trinajstić information content (AvgIpc) is 1.97. The molecule has 0 saturated heterocycles. The van der Waals surface area contributed by atoms with E-state index in [0.717, 1.165) is 19.3 Å². The summed E-state index contributed by atoms with van der Waals surface area (Å²) >= 11 is 0. The van der Waals surface area contributed by atoms with Gasteiger partial charge in [0.2, 0.25) is 0 Å². The minimum Gasteiger partial charge on any atom is -0.478 e. The van der Waals surface area contributed by atoms with E-state index in [1.165, 1.54) is 0 Å². The highest BCUT2D eigenvalue weighted by atomic mass is 16.4. The molecule has 0 aromatic heterocycles. The van der Waals surface area contributed by atoms with Crippen molar-refractivity contribution >= 4 is 5.97 Å². The molecule has 2 nitrogen and oxygen atoms in total. The number of hydrogen-bond acceptors (Lipinski definition) is 1. The number of hydrogen-bond donors (Lipinski definition) is 1. The van der Waals surface area contributed by atoms with Gasteiger partial charge in [-0.05, 0) is 12.8 Å². The van der Waals surface area contributed by atoms with Crippen molar-refractivity contribution in [2.75, 3.05) is 0 Å². The van der Waals surface area contributed by atoms with Crippen LogP contribution in [0.4, 0.5) is 0 Å². The van der Waals surface area contributed by atoms with Gasteiger partial charge in [-0.15, -0.1) is 0 Å². The summed E-state index contributed by atoms with van der Waals surface area (Å²) in [6.45, 7) is 4.03. The Labute approximate surface area is 67.9 Å². The molecule has 0 spiro atoms. The van der Waals surface area contributed by atoms with Crippen LogP contribution < -0.4 is 0 Å². The second-order valence-corrected chi connectivity index (χ2v) is 2.57. The molecule has 0 aliphatic carbocycles. The summed E-state index contributed by atoms with van der Waals surface area (Å²) in [6.07, 6.45) is 5.31. The predicted molar refractivity (Wildman–Crippen MR) is 45.5 cm³/mol. The Hall–Kier alpha value is -0.790. The monoisotopic (exact) mass is 156 g/mol. The molecule has 0 fully saturated rings. The fourth-order valence-electron chi connectivity index (χ4n) is 0.884. The molecule has 0 aromatic rings. The first-order valence-electron chi connectivity index (χ1n) is 4.14. The van der Waals surface area contributed by atoms with Crippen LogP contribution in [-0.4, -0.2) is 11.1 Å². The van der Waals surface area contributed by atoms with Gasteiger partial charge in [-0.1, -0.05) is 32.8 Å². The minimum absolute atomic E-state index is 0.564. The van der Waals surface area contributed by atoms with Crippen molar-refractivity contribution < 1.29 is 9.90 Å². The van der Waals surface area contributed by atoms with Gasteiger partial charge in [0, 0.05) is 5.57 Å². The summed E-state index contributed by atoms with van der Waals surface area (Å²) in [6, 6.07) is 0. The van der Waals surface area contributed by atoms with Crippen LogP contribution in [-0.2, 0) is 4.79 Å². The largest absolute Gasteiger partial charge is 0.478 e. The molecule has 0 unspecified atom stereocenters. The minimum atomic E-state index is -0.764. The lowest BCUT2D eigenvalue weighted by Gasteiger charge is -1.97. The number of carbonyl (C=O) groups is 1. The molecule has 0 amide bonds. The van der Waals surface area contributed by atoms with Gasteiger partial charge in [0.05, 0.1) is 0 Å². The standard InChI is InChI=1S/C9H16O2/c1-3-5-7-8(6-4-2)9(10)11/h7H,3-6H2,1-2H3,(H,10,11). The molecule has 0 heterocycles. The Morgan fingerprint density at radius 2 is 2.00 bits per heavy atom. The molecule has 11 heavy (non-hydrogen) atoms. The lowest BCUT2D eigenvalue weighted by molar-refractivity contribution is -0.132. The van der Waals surface area contributed by atoms with Crippen LogP contribution in [0.3, 0.4) is 0 Å². The van der Waals surface area contributed by atoms with Gasteiger partial charge in [-0.2, -0.15) is 0 Å². The van der Waals surface area contributed by atoms with Crippen LogP contribution in [0.5, 0.6) is 0 Å². The molecule has 0 saturated carbocycles. The highest BCUT2D eigenvalue weighted by molar-refractivity contribution is 5.86. The van der Waals surface area contributed by atoms with Gasteiger partial charge in [-0.25, -0.2) is 4.79 Å². The summed E-state index contributed by atoms with van der Waals surface area (Å²) in [4.78, 5) is 10.5. The third-order valence-electron chi connectivity index (χ3n) is 1.47. The van der Waals surface area contributed by atoms with Crippen LogP contribution in [0.2, 0.25) is 0 Å². The molecular weight excluding hydrogens is 140 g/mol. The van der Waals surface area contributed by atoms with Gasteiger partial charge < -0.3 is 5.11 Å². The van der Waals surface area contributed by atoms with Crippen LogP contribution in [0.15, 0.2) is 11.6 Å². The second-order valence-electron chi connectivity index (χ2n) is 2.57. The van der Waals surface area contributed by atoms with Crippen molar-refractivity contribution in [2.45, 2.75) is 39.5 Å². The number of carboxylic acid groups (broad SMARTS) is 1. The molecule has 0 aliphatic heterocycles. The van der Waals surface area contributed by atoms with E-state index in [4.69, 9.17) is 5.11 Å². The normalized spacial score (nSPS) is 11.6. The fourth-order valence-corrected chi connectivity index (χ4v) is 0.884. The second kappa shape index (κ2) is 5.96. The maximum Gasteiger partial charge on any atom is 0.331 e. The molecular formula is C9H16O2. The fraction of sp³-hybridized carbons (Fsp3) is 0.667. The van der Waals surface area contributed by atoms with Gasteiger partial charge in [0.1, 0.15) is 0 Å². The Kier molecular flexibility index (Phi) is 5.53. The Morgan fingerprint density at radius 1 is 1.36 bits per heavy atom. The number of carboxylic acids is 1. The van der Waals surface area contributed by atoms with Crippen LogP contribution in [0, 0.1) is 0 Å². The molecule has 1 N–H and O–H groups in total. The van der Waals surface area contributed by atoms with Gasteiger partial charge >= 0.3 is 5.97 Å².